The van der Waals surface area contributed by atoms with Gasteiger partial charge < -0.3 is 4.90 Å². The first-order chi connectivity index (χ1) is 16.1. The Balaban J connectivity index is 1.29. The summed E-state index contributed by atoms with van der Waals surface area (Å²) in [5.74, 6) is 1.85. The van der Waals surface area contributed by atoms with Gasteiger partial charge in [0.15, 0.2) is 5.65 Å². The highest BCUT2D eigenvalue weighted by atomic mass is 35.5. The fourth-order valence-corrected chi connectivity index (χ4v) is 5.67. The van der Waals surface area contributed by atoms with Gasteiger partial charge in [-0.2, -0.15) is 0 Å². The SMILES string of the molecule is O=C(c1cccc(CSc2cc(Cl)ccc2Cl)c1)N1CCCC(c2nnc3ccccn23)C1. The summed E-state index contributed by atoms with van der Waals surface area (Å²) in [5, 5.41) is 10.0. The van der Waals surface area contributed by atoms with Gasteiger partial charge in [-0.25, -0.2) is 0 Å². The number of nitrogens with zero attached hydrogens (tertiary/aromatic N) is 4. The van der Waals surface area contributed by atoms with Crippen LogP contribution in [0.1, 0.15) is 40.5 Å². The number of hydrogen-bond acceptors (Lipinski definition) is 4. The zero-order valence-corrected chi connectivity index (χ0v) is 20.2. The highest BCUT2D eigenvalue weighted by molar-refractivity contribution is 7.98. The lowest BCUT2D eigenvalue weighted by Crippen LogP contribution is -2.39. The van der Waals surface area contributed by atoms with Crippen molar-refractivity contribution >= 4 is 46.5 Å². The Morgan fingerprint density at radius 1 is 1.06 bits per heavy atom. The largest absolute Gasteiger partial charge is 0.338 e. The quantitative estimate of drug-likeness (QED) is 0.302. The smallest absolute Gasteiger partial charge is 0.253 e. The third-order valence-corrected chi connectivity index (χ3v) is 7.68. The van der Waals surface area contributed by atoms with Crippen LogP contribution in [0.3, 0.4) is 0 Å². The molecular weight excluding hydrogens is 475 g/mol. The third kappa shape index (κ3) is 4.88. The van der Waals surface area contributed by atoms with E-state index in [0.29, 0.717) is 27.9 Å². The molecule has 33 heavy (non-hydrogen) atoms. The molecule has 0 N–H and O–H groups in total. The molecule has 1 fully saturated rings. The van der Waals surface area contributed by atoms with E-state index in [9.17, 15) is 4.79 Å². The zero-order chi connectivity index (χ0) is 22.8. The molecule has 8 heteroatoms. The first kappa shape index (κ1) is 22.3. The summed E-state index contributed by atoms with van der Waals surface area (Å²) < 4.78 is 2.03. The van der Waals surface area contributed by atoms with Crippen molar-refractivity contribution in [3.05, 3.63) is 93.9 Å². The molecule has 1 saturated heterocycles. The predicted octanol–water partition coefficient (Wildman–Crippen LogP) is 6.35. The van der Waals surface area contributed by atoms with Gasteiger partial charge in [-0.05, 0) is 60.9 Å². The summed E-state index contributed by atoms with van der Waals surface area (Å²) in [6.07, 6.45) is 3.93. The molecular formula is C25H22Cl2N4OS. The van der Waals surface area contributed by atoms with Crippen LogP contribution in [-0.4, -0.2) is 38.5 Å². The van der Waals surface area contributed by atoms with Crippen LogP contribution in [0, 0.1) is 0 Å². The maximum absolute atomic E-state index is 13.3. The molecule has 1 unspecified atom stereocenters. The van der Waals surface area contributed by atoms with E-state index in [2.05, 4.69) is 10.2 Å². The van der Waals surface area contributed by atoms with Crippen LogP contribution in [0.15, 0.2) is 71.8 Å². The average molecular weight is 497 g/mol. The van der Waals surface area contributed by atoms with Gasteiger partial charge >= 0.3 is 0 Å². The van der Waals surface area contributed by atoms with E-state index in [-0.39, 0.29) is 11.8 Å². The van der Waals surface area contributed by atoms with Gasteiger partial charge in [0.25, 0.3) is 5.91 Å². The summed E-state index contributed by atoms with van der Waals surface area (Å²) in [6, 6.07) is 19.2. The number of piperidine rings is 1. The minimum Gasteiger partial charge on any atom is -0.338 e. The van der Waals surface area contributed by atoms with Crippen LogP contribution in [0.5, 0.6) is 0 Å². The molecule has 0 bridgehead atoms. The Labute approximate surface area is 206 Å². The van der Waals surface area contributed by atoms with Crippen molar-refractivity contribution in [2.45, 2.75) is 29.4 Å². The number of pyridine rings is 1. The van der Waals surface area contributed by atoms with E-state index in [4.69, 9.17) is 23.2 Å². The number of aromatic nitrogens is 3. The van der Waals surface area contributed by atoms with Crippen molar-refractivity contribution < 1.29 is 4.79 Å². The van der Waals surface area contributed by atoms with Crippen LogP contribution in [0.2, 0.25) is 10.0 Å². The maximum atomic E-state index is 13.3. The highest BCUT2D eigenvalue weighted by Crippen LogP contribution is 2.32. The topological polar surface area (TPSA) is 50.5 Å². The number of amides is 1. The molecule has 2 aromatic heterocycles. The molecule has 0 spiro atoms. The van der Waals surface area contributed by atoms with Gasteiger partial charge in [0, 0.05) is 46.4 Å². The summed E-state index contributed by atoms with van der Waals surface area (Å²) in [4.78, 5) is 16.2. The van der Waals surface area contributed by atoms with Gasteiger partial charge in [0.05, 0.1) is 5.02 Å². The van der Waals surface area contributed by atoms with E-state index in [1.54, 1.807) is 23.9 Å². The second kappa shape index (κ2) is 9.75. The van der Waals surface area contributed by atoms with Crippen molar-refractivity contribution in [3.8, 4) is 0 Å². The van der Waals surface area contributed by atoms with Crippen molar-refractivity contribution in [2.24, 2.45) is 0 Å². The molecule has 2 aromatic carbocycles. The Kier molecular flexibility index (Phi) is 6.58. The van der Waals surface area contributed by atoms with Crippen LogP contribution in [0.4, 0.5) is 0 Å². The molecule has 5 rings (SSSR count). The van der Waals surface area contributed by atoms with E-state index in [1.807, 2.05) is 64.0 Å². The van der Waals surface area contributed by atoms with Crippen molar-refractivity contribution in [1.82, 2.24) is 19.5 Å². The molecule has 0 saturated carbocycles. The summed E-state index contributed by atoms with van der Waals surface area (Å²) in [5.41, 5.74) is 2.61. The number of likely N-dealkylation sites (tertiary alicyclic amines) is 1. The fourth-order valence-electron chi connectivity index (χ4n) is 4.24. The van der Waals surface area contributed by atoms with Crippen LogP contribution >= 0.6 is 35.0 Å². The molecule has 3 heterocycles. The maximum Gasteiger partial charge on any atom is 0.253 e. The molecule has 4 aromatic rings. The van der Waals surface area contributed by atoms with Gasteiger partial charge in [-0.15, -0.1) is 22.0 Å². The van der Waals surface area contributed by atoms with Gasteiger partial charge in [0.1, 0.15) is 5.82 Å². The summed E-state index contributed by atoms with van der Waals surface area (Å²) in [7, 11) is 0. The van der Waals surface area contributed by atoms with Crippen molar-refractivity contribution in [3.63, 3.8) is 0 Å². The molecule has 1 aliphatic rings. The van der Waals surface area contributed by atoms with Crippen molar-refractivity contribution in [2.75, 3.05) is 13.1 Å². The van der Waals surface area contributed by atoms with Crippen molar-refractivity contribution in [1.29, 1.82) is 0 Å². The number of halogens is 2. The Morgan fingerprint density at radius 3 is 2.88 bits per heavy atom. The molecule has 0 aliphatic carbocycles. The van der Waals surface area contributed by atoms with Gasteiger partial charge in [-0.3, -0.25) is 9.20 Å². The number of hydrogen-bond donors (Lipinski definition) is 0. The second-order valence-corrected chi connectivity index (χ2v) is 10.0. The van der Waals surface area contributed by atoms with E-state index in [0.717, 1.165) is 41.3 Å². The third-order valence-electron chi connectivity index (χ3n) is 5.88. The normalized spacial score (nSPS) is 16.3. The summed E-state index contributed by atoms with van der Waals surface area (Å²) >= 11 is 14.0. The fraction of sp³-hybridized carbons (Fsp3) is 0.240. The van der Waals surface area contributed by atoms with E-state index < -0.39 is 0 Å². The number of carbonyl (C=O) groups is 1. The predicted molar refractivity (Wildman–Crippen MR) is 133 cm³/mol. The monoisotopic (exact) mass is 496 g/mol. The molecule has 1 aliphatic heterocycles. The number of carbonyl (C=O) groups excluding carboxylic acids is 1. The zero-order valence-electron chi connectivity index (χ0n) is 17.8. The molecule has 1 atom stereocenters. The van der Waals surface area contributed by atoms with Crippen LogP contribution < -0.4 is 0 Å². The standard InChI is InChI=1S/C25H22Cl2N4OS/c26-20-9-10-21(27)22(14-20)33-16-17-5-3-6-18(13-17)25(32)30-11-4-7-19(15-30)24-29-28-23-8-1-2-12-31(23)24/h1-3,5-6,8-10,12-14,19H,4,7,11,15-16H2. The number of benzene rings is 2. The Morgan fingerprint density at radius 2 is 1.97 bits per heavy atom. The first-order valence-electron chi connectivity index (χ1n) is 10.8. The Hall–Kier alpha value is -2.54. The van der Waals surface area contributed by atoms with Crippen LogP contribution in [-0.2, 0) is 5.75 Å². The lowest BCUT2D eigenvalue weighted by Gasteiger charge is -2.32. The molecule has 0 radical (unpaired) electrons. The molecule has 168 valence electrons. The average Bonchev–Trinajstić information content (AvgIpc) is 3.29. The molecule has 5 nitrogen and oxygen atoms in total. The number of thioether (sulfide) groups is 1. The van der Waals surface area contributed by atoms with E-state index in [1.165, 1.54) is 0 Å². The van der Waals surface area contributed by atoms with Gasteiger partial charge in [0.2, 0.25) is 0 Å². The highest BCUT2D eigenvalue weighted by Gasteiger charge is 2.28. The first-order valence-corrected chi connectivity index (χ1v) is 12.6. The number of fused-ring (bicyclic) bond motifs is 1. The Bertz CT molecular complexity index is 1310. The lowest BCUT2D eigenvalue weighted by atomic mass is 9.96. The summed E-state index contributed by atoms with van der Waals surface area (Å²) in [6.45, 7) is 1.40. The number of rotatable bonds is 5. The van der Waals surface area contributed by atoms with Crippen LogP contribution in [0.25, 0.3) is 5.65 Å². The lowest BCUT2D eigenvalue weighted by molar-refractivity contribution is 0.0704. The molecule has 1 amide bonds. The van der Waals surface area contributed by atoms with Gasteiger partial charge in [-0.1, -0.05) is 41.4 Å². The minimum absolute atomic E-state index is 0.0566. The van der Waals surface area contributed by atoms with E-state index >= 15 is 0 Å². The minimum atomic E-state index is 0.0566. The second-order valence-electron chi connectivity index (χ2n) is 8.14.